The zero-order valence-corrected chi connectivity index (χ0v) is 19.8. The number of carbonyl (C=O) groups excluding carboxylic acids is 1. The Morgan fingerprint density at radius 3 is 2.47 bits per heavy atom. The molecular weight excluding hydrogens is 442 g/mol. The second kappa shape index (κ2) is 9.66. The number of anilines is 1. The molecule has 1 fully saturated rings. The number of aryl methyl sites for hydroxylation is 1. The van der Waals surface area contributed by atoms with Gasteiger partial charge >= 0.3 is 0 Å². The van der Waals surface area contributed by atoms with Crippen LogP contribution in [0.5, 0.6) is 5.75 Å². The lowest BCUT2D eigenvalue weighted by Crippen LogP contribution is -2.47. The van der Waals surface area contributed by atoms with Gasteiger partial charge in [0.2, 0.25) is 5.91 Å². The van der Waals surface area contributed by atoms with Crippen LogP contribution in [0.25, 0.3) is 0 Å². The van der Waals surface area contributed by atoms with Gasteiger partial charge in [0.15, 0.2) is 0 Å². The van der Waals surface area contributed by atoms with Crippen LogP contribution in [0.1, 0.15) is 29.0 Å². The molecule has 0 saturated carbocycles. The molecule has 2 aliphatic rings. The maximum Gasteiger partial charge on any atom is 0.229 e. The first kappa shape index (κ1) is 22.1. The molecule has 1 atom stereocenters. The van der Waals surface area contributed by atoms with Gasteiger partial charge in [-0.1, -0.05) is 71.9 Å². The SMILES string of the molecule is Cc1ccc(N2CSC3=C(C#N)[C@H](c4ccc(OCc5ccccc5)cc4)CC(=O)N3C2)cc1. The van der Waals surface area contributed by atoms with Crippen molar-refractivity contribution >= 4 is 23.4 Å². The first-order valence-electron chi connectivity index (χ1n) is 11.3. The molecule has 0 bridgehead atoms. The largest absolute Gasteiger partial charge is 0.489 e. The first-order valence-corrected chi connectivity index (χ1v) is 12.3. The van der Waals surface area contributed by atoms with E-state index in [2.05, 4.69) is 42.2 Å². The normalized spacial score (nSPS) is 17.9. The second-order valence-electron chi connectivity index (χ2n) is 8.54. The van der Waals surface area contributed by atoms with Gasteiger partial charge in [-0.3, -0.25) is 9.69 Å². The molecule has 0 aliphatic carbocycles. The van der Waals surface area contributed by atoms with Gasteiger partial charge in [-0.15, -0.1) is 0 Å². The van der Waals surface area contributed by atoms with Gasteiger partial charge in [0.25, 0.3) is 0 Å². The minimum Gasteiger partial charge on any atom is -0.489 e. The van der Waals surface area contributed by atoms with Crippen molar-refractivity contribution in [2.24, 2.45) is 0 Å². The summed E-state index contributed by atoms with van der Waals surface area (Å²) in [4.78, 5) is 17.1. The highest BCUT2D eigenvalue weighted by atomic mass is 32.2. The van der Waals surface area contributed by atoms with E-state index in [0.717, 1.165) is 27.6 Å². The van der Waals surface area contributed by atoms with Gasteiger partial charge in [0, 0.05) is 18.0 Å². The van der Waals surface area contributed by atoms with Gasteiger partial charge in [-0.05, 0) is 42.3 Å². The van der Waals surface area contributed by atoms with E-state index in [1.807, 2.05) is 54.6 Å². The van der Waals surface area contributed by atoms with Gasteiger partial charge in [0.1, 0.15) is 12.4 Å². The first-order chi connectivity index (χ1) is 16.6. The lowest BCUT2D eigenvalue weighted by Gasteiger charge is -2.42. The summed E-state index contributed by atoms with van der Waals surface area (Å²) >= 11 is 1.56. The maximum absolute atomic E-state index is 13.1. The Labute approximate surface area is 204 Å². The Bertz CT molecular complexity index is 1250. The average Bonchev–Trinajstić information content (AvgIpc) is 2.89. The van der Waals surface area contributed by atoms with Crippen LogP contribution in [0.15, 0.2) is 89.5 Å². The zero-order valence-electron chi connectivity index (χ0n) is 19.0. The maximum atomic E-state index is 13.1. The number of rotatable bonds is 5. The van der Waals surface area contributed by atoms with Gasteiger partial charge in [-0.25, -0.2) is 0 Å². The lowest BCUT2D eigenvalue weighted by atomic mass is 9.86. The third-order valence-electron chi connectivity index (χ3n) is 6.22. The van der Waals surface area contributed by atoms with E-state index in [1.54, 1.807) is 16.7 Å². The molecule has 170 valence electrons. The Morgan fingerprint density at radius 1 is 1.03 bits per heavy atom. The van der Waals surface area contributed by atoms with Crippen LogP contribution in [0, 0.1) is 18.3 Å². The minimum atomic E-state index is -0.231. The molecule has 5 rings (SSSR count). The number of fused-ring (bicyclic) bond motifs is 1. The molecule has 0 N–H and O–H groups in total. The molecule has 2 aliphatic heterocycles. The van der Waals surface area contributed by atoms with Crippen molar-refractivity contribution in [3.63, 3.8) is 0 Å². The van der Waals surface area contributed by atoms with Gasteiger partial charge in [-0.2, -0.15) is 5.26 Å². The summed E-state index contributed by atoms with van der Waals surface area (Å²) in [6.45, 7) is 3.03. The molecule has 34 heavy (non-hydrogen) atoms. The topological polar surface area (TPSA) is 56.6 Å². The third-order valence-corrected chi connectivity index (χ3v) is 7.38. The number of carbonyl (C=O) groups is 1. The van der Waals surface area contributed by atoms with Crippen molar-refractivity contribution in [3.8, 4) is 11.8 Å². The Hall–Kier alpha value is -3.69. The van der Waals surface area contributed by atoms with Crippen LogP contribution in [-0.4, -0.2) is 23.4 Å². The molecule has 3 aromatic rings. The Morgan fingerprint density at radius 2 is 1.76 bits per heavy atom. The predicted molar refractivity (Wildman–Crippen MR) is 135 cm³/mol. The summed E-state index contributed by atoms with van der Waals surface area (Å²) < 4.78 is 5.89. The van der Waals surface area contributed by atoms with Crippen molar-refractivity contribution < 1.29 is 9.53 Å². The van der Waals surface area contributed by atoms with Crippen molar-refractivity contribution in [3.05, 3.63) is 106 Å². The summed E-state index contributed by atoms with van der Waals surface area (Å²) in [6.07, 6.45) is 0.291. The fraction of sp³-hybridized carbons (Fsp3) is 0.214. The van der Waals surface area contributed by atoms with E-state index in [0.29, 0.717) is 31.1 Å². The molecule has 5 nitrogen and oxygen atoms in total. The van der Waals surface area contributed by atoms with Gasteiger partial charge < -0.3 is 9.64 Å². The molecule has 0 aromatic heterocycles. The predicted octanol–water partition coefficient (Wildman–Crippen LogP) is 5.79. The number of nitriles is 1. The van der Waals surface area contributed by atoms with Crippen LogP contribution in [0.4, 0.5) is 5.69 Å². The lowest BCUT2D eigenvalue weighted by molar-refractivity contribution is -0.129. The monoisotopic (exact) mass is 467 g/mol. The number of hydrogen-bond acceptors (Lipinski definition) is 5. The third kappa shape index (κ3) is 4.52. The number of hydrogen-bond donors (Lipinski definition) is 0. The van der Waals surface area contributed by atoms with E-state index >= 15 is 0 Å². The Kier molecular flexibility index (Phi) is 6.29. The number of amides is 1. The van der Waals surface area contributed by atoms with Crippen molar-refractivity contribution in [2.45, 2.75) is 25.9 Å². The average molecular weight is 468 g/mol. The van der Waals surface area contributed by atoms with Crippen LogP contribution in [-0.2, 0) is 11.4 Å². The standard InChI is InChI=1S/C28H25N3O2S/c1-20-7-11-23(12-8-20)30-18-31-27(32)15-25(26(16-29)28(31)34-19-30)22-9-13-24(14-10-22)33-17-21-5-3-2-4-6-21/h2-14,25H,15,17-19H2,1H3/t25-/m0/s1. The van der Waals surface area contributed by atoms with Crippen molar-refractivity contribution in [1.29, 1.82) is 5.26 Å². The molecule has 0 spiro atoms. The van der Waals surface area contributed by atoms with E-state index in [1.165, 1.54) is 5.56 Å². The molecule has 2 heterocycles. The quantitative estimate of drug-likeness (QED) is 0.475. The summed E-state index contributed by atoms with van der Waals surface area (Å²) in [5.41, 5.74) is 5.03. The van der Waals surface area contributed by atoms with E-state index in [9.17, 15) is 10.1 Å². The molecule has 6 heteroatoms. The fourth-order valence-corrected chi connectivity index (χ4v) is 5.47. The molecule has 1 amide bonds. The highest BCUT2D eigenvalue weighted by molar-refractivity contribution is 8.03. The van der Waals surface area contributed by atoms with Crippen molar-refractivity contribution in [2.75, 3.05) is 17.4 Å². The molecule has 1 saturated heterocycles. The number of ether oxygens (including phenoxy) is 1. The summed E-state index contributed by atoms with van der Waals surface area (Å²) in [5.74, 6) is 1.29. The fourth-order valence-electron chi connectivity index (χ4n) is 4.30. The van der Waals surface area contributed by atoms with Crippen molar-refractivity contribution in [1.82, 2.24) is 4.90 Å². The molecule has 0 radical (unpaired) electrons. The van der Waals surface area contributed by atoms with Crippen LogP contribution in [0.3, 0.4) is 0 Å². The zero-order chi connectivity index (χ0) is 23.5. The summed E-state index contributed by atoms with van der Waals surface area (Å²) in [5, 5.41) is 10.8. The summed E-state index contributed by atoms with van der Waals surface area (Å²) in [6, 6.07) is 28.5. The van der Waals surface area contributed by atoms with E-state index in [-0.39, 0.29) is 11.8 Å². The highest BCUT2D eigenvalue weighted by Crippen LogP contribution is 2.43. The highest BCUT2D eigenvalue weighted by Gasteiger charge is 2.38. The number of nitrogens with zero attached hydrogens (tertiary/aromatic N) is 3. The van der Waals surface area contributed by atoms with Crippen LogP contribution in [0.2, 0.25) is 0 Å². The number of benzene rings is 3. The van der Waals surface area contributed by atoms with E-state index in [4.69, 9.17) is 4.74 Å². The van der Waals surface area contributed by atoms with Gasteiger partial charge in [0.05, 0.1) is 29.2 Å². The number of thioether (sulfide) groups is 1. The van der Waals surface area contributed by atoms with E-state index < -0.39 is 0 Å². The summed E-state index contributed by atoms with van der Waals surface area (Å²) in [7, 11) is 0. The Balaban J connectivity index is 1.33. The second-order valence-corrected chi connectivity index (χ2v) is 9.48. The minimum absolute atomic E-state index is 0.0488. The van der Waals surface area contributed by atoms with Crippen LogP contribution >= 0.6 is 11.8 Å². The smallest absolute Gasteiger partial charge is 0.229 e. The van der Waals surface area contributed by atoms with Crippen LogP contribution < -0.4 is 9.64 Å². The number of allylic oxidation sites excluding steroid dienone is 1. The molecule has 0 unspecified atom stereocenters. The molecule has 3 aromatic carbocycles. The molecular formula is C28H25N3O2S.